The Bertz CT molecular complexity index is 1200. The third kappa shape index (κ3) is 4.42. The Morgan fingerprint density at radius 3 is 2.41 bits per heavy atom. The third-order valence-electron chi connectivity index (χ3n) is 5.77. The molecule has 3 aromatic rings. The maximum absolute atomic E-state index is 13.2. The standard InChI is InChI=1S/C22H26N6O3S/c1-15-11-16(2)21(17(3)12-15)24-22(29)18-5-4-10-27(13-18)32(30,31)20-8-6-19(7-9-20)28-14-23-25-26-28/h6-9,11-12,14,18H,4-5,10,13H2,1-3H3,(H,24,29)/t18-/m1/s1. The zero-order valence-corrected chi connectivity index (χ0v) is 19.1. The van der Waals surface area contributed by atoms with E-state index < -0.39 is 15.9 Å². The van der Waals surface area contributed by atoms with Crippen LogP contribution in [0.1, 0.15) is 29.5 Å². The van der Waals surface area contributed by atoms with Crippen molar-refractivity contribution in [2.75, 3.05) is 18.4 Å². The van der Waals surface area contributed by atoms with Gasteiger partial charge in [0.2, 0.25) is 15.9 Å². The molecule has 2 heterocycles. The number of hydrogen-bond donors (Lipinski definition) is 1. The van der Waals surface area contributed by atoms with Gasteiger partial charge in [0.15, 0.2) is 0 Å². The van der Waals surface area contributed by atoms with Crippen LogP contribution >= 0.6 is 0 Å². The number of nitrogens with one attached hydrogen (secondary N) is 1. The van der Waals surface area contributed by atoms with Crippen LogP contribution in [0.4, 0.5) is 5.69 Å². The van der Waals surface area contributed by atoms with Gasteiger partial charge in [0.1, 0.15) is 6.33 Å². The van der Waals surface area contributed by atoms with Gasteiger partial charge in [0.05, 0.1) is 16.5 Å². The molecule has 9 nitrogen and oxygen atoms in total. The third-order valence-corrected chi connectivity index (χ3v) is 7.65. The molecule has 0 saturated carbocycles. The number of piperidine rings is 1. The van der Waals surface area contributed by atoms with E-state index >= 15 is 0 Å². The molecule has 1 aliphatic heterocycles. The van der Waals surface area contributed by atoms with Crippen LogP contribution in [0.15, 0.2) is 47.6 Å². The van der Waals surface area contributed by atoms with Crippen LogP contribution in [0.5, 0.6) is 0 Å². The van der Waals surface area contributed by atoms with Gasteiger partial charge in [-0.25, -0.2) is 13.1 Å². The topological polar surface area (TPSA) is 110 Å². The summed E-state index contributed by atoms with van der Waals surface area (Å²) >= 11 is 0. The fourth-order valence-electron chi connectivity index (χ4n) is 4.18. The molecule has 0 bridgehead atoms. The Kier molecular flexibility index (Phi) is 6.07. The SMILES string of the molecule is Cc1cc(C)c(NC(=O)[C@@H]2CCCN(S(=O)(=O)c3ccc(-n4cnnn4)cc3)C2)c(C)c1. The first-order chi connectivity index (χ1) is 15.3. The maximum Gasteiger partial charge on any atom is 0.243 e. The van der Waals surface area contributed by atoms with Crippen LogP contribution in [-0.4, -0.2) is 51.9 Å². The minimum Gasteiger partial charge on any atom is -0.325 e. The normalized spacial score (nSPS) is 17.3. The van der Waals surface area contributed by atoms with Crippen molar-refractivity contribution in [3.8, 4) is 5.69 Å². The van der Waals surface area contributed by atoms with E-state index in [2.05, 4.69) is 20.8 Å². The predicted octanol–water partition coefficient (Wildman–Crippen LogP) is 2.63. The van der Waals surface area contributed by atoms with E-state index in [1.165, 1.54) is 27.4 Å². The minimum atomic E-state index is -3.72. The van der Waals surface area contributed by atoms with Crippen molar-refractivity contribution in [3.63, 3.8) is 0 Å². The molecule has 0 spiro atoms. The van der Waals surface area contributed by atoms with Gasteiger partial charge < -0.3 is 5.32 Å². The highest BCUT2D eigenvalue weighted by molar-refractivity contribution is 7.89. The number of carbonyl (C=O) groups is 1. The van der Waals surface area contributed by atoms with Crippen LogP contribution in [0.3, 0.4) is 0 Å². The molecule has 2 aromatic carbocycles. The predicted molar refractivity (Wildman–Crippen MR) is 120 cm³/mol. The number of nitrogens with zero attached hydrogens (tertiary/aromatic N) is 5. The lowest BCUT2D eigenvalue weighted by Gasteiger charge is -2.31. The van der Waals surface area contributed by atoms with Crippen LogP contribution in [0, 0.1) is 26.7 Å². The lowest BCUT2D eigenvalue weighted by atomic mass is 9.98. The number of sulfonamides is 1. The van der Waals surface area contributed by atoms with E-state index in [0.717, 1.165) is 22.4 Å². The summed E-state index contributed by atoms with van der Waals surface area (Å²) < 4.78 is 29.3. The monoisotopic (exact) mass is 454 g/mol. The van der Waals surface area contributed by atoms with E-state index in [0.29, 0.717) is 25.1 Å². The van der Waals surface area contributed by atoms with Gasteiger partial charge in [-0.3, -0.25) is 4.79 Å². The first-order valence-electron chi connectivity index (χ1n) is 10.5. The minimum absolute atomic E-state index is 0.144. The number of aryl methyl sites for hydroxylation is 3. The summed E-state index contributed by atoms with van der Waals surface area (Å²) in [5.74, 6) is -0.548. The molecule has 10 heteroatoms. The average Bonchev–Trinajstić information content (AvgIpc) is 3.31. The first kappa shape index (κ1) is 22.1. The fourth-order valence-corrected chi connectivity index (χ4v) is 5.70. The summed E-state index contributed by atoms with van der Waals surface area (Å²) in [6, 6.07) is 10.4. The molecule has 1 amide bonds. The lowest BCUT2D eigenvalue weighted by Crippen LogP contribution is -2.43. The summed E-state index contributed by atoms with van der Waals surface area (Å²) in [6.45, 7) is 6.50. The number of aromatic nitrogens is 4. The Labute approximate surface area is 187 Å². The molecule has 1 fully saturated rings. The molecule has 32 heavy (non-hydrogen) atoms. The van der Waals surface area contributed by atoms with Crippen LogP contribution in [0.25, 0.3) is 5.69 Å². The summed E-state index contributed by atoms with van der Waals surface area (Å²) in [6.07, 6.45) is 2.72. The van der Waals surface area contributed by atoms with Gasteiger partial charge in [-0.1, -0.05) is 17.7 Å². The second-order valence-corrected chi connectivity index (χ2v) is 10.2. The van der Waals surface area contributed by atoms with Gasteiger partial charge in [-0.2, -0.15) is 4.31 Å². The van der Waals surface area contributed by atoms with E-state index in [4.69, 9.17) is 0 Å². The van der Waals surface area contributed by atoms with Crippen molar-refractivity contribution < 1.29 is 13.2 Å². The van der Waals surface area contributed by atoms with Gasteiger partial charge >= 0.3 is 0 Å². The number of benzene rings is 2. The number of amides is 1. The highest BCUT2D eigenvalue weighted by atomic mass is 32.2. The smallest absolute Gasteiger partial charge is 0.243 e. The first-order valence-corrected chi connectivity index (χ1v) is 11.9. The van der Waals surface area contributed by atoms with Crippen molar-refractivity contribution in [2.24, 2.45) is 5.92 Å². The van der Waals surface area contributed by atoms with Gasteiger partial charge in [-0.15, -0.1) is 5.10 Å². The second-order valence-electron chi connectivity index (χ2n) is 8.21. The Balaban J connectivity index is 1.49. The summed E-state index contributed by atoms with van der Waals surface area (Å²) in [7, 11) is -3.72. The van der Waals surface area contributed by atoms with Crippen molar-refractivity contribution in [1.82, 2.24) is 24.5 Å². The maximum atomic E-state index is 13.2. The highest BCUT2D eigenvalue weighted by Gasteiger charge is 2.33. The van der Waals surface area contributed by atoms with Crippen molar-refractivity contribution in [2.45, 2.75) is 38.5 Å². The summed E-state index contributed by atoms with van der Waals surface area (Å²) in [5, 5.41) is 14.0. The Morgan fingerprint density at radius 1 is 1.09 bits per heavy atom. The zero-order chi connectivity index (χ0) is 22.9. The molecule has 0 unspecified atom stereocenters. The fraction of sp³-hybridized carbons (Fsp3) is 0.364. The summed E-state index contributed by atoms with van der Waals surface area (Å²) in [5.41, 5.74) is 4.60. The van der Waals surface area contributed by atoms with Crippen molar-refractivity contribution in [1.29, 1.82) is 0 Å². The molecular weight excluding hydrogens is 428 g/mol. The molecule has 4 rings (SSSR count). The molecule has 1 saturated heterocycles. The molecule has 0 radical (unpaired) electrons. The van der Waals surface area contributed by atoms with E-state index in [1.54, 1.807) is 12.1 Å². The number of anilines is 1. The highest BCUT2D eigenvalue weighted by Crippen LogP contribution is 2.27. The zero-order valence-electron chi connectivity index (χ0n) is 18.3. The average molecular weight is 455 g/mol. The molecule has 168 valence electrons. The number of hydrogen-bond acceptors (Lipinski definition) is 6. The molecule has 1 aliphatic rings. The molecule has 1 atom stereocenters. The molecular formula is C22H26N6O3S. The Morgan fingerprint density at radius 2 is 1.78 bits per heavy atom. The van der Waals surface area contributed by atoms with E-state index in [1.807, 2.05) is 32.9 Å². The number of rotatable bonds is 5. The van der Waals surface area contributed by atoms with Gasteiger partial charge in [-0.05, 0) is 79.4 Å². The van der Waals surface area contributed by atoms with Crippen molar-refractivity contribution >= 4 is 21.6 Å². The second kappa shape index (κ2) is 8.79. The molecule has 1 aromatic heterocycles. The van der Waals surface area contributed by atoms with Crippen LogP contribution in [0.2, 0.25) is 0 Å². The van der Waals surface area contributed by atoms with Crippen LogP contribution in [-0.2, 0) is 14.8 Å². The van der Waals surface area contributed by atoms with Crippen molar-refractivity contribution in [3.05, 3.63) is 59.4 Å². The van der Waals surface area contributed by atoms with E-state index in [9.17, 15) is 13.2 Å². The number of tetrazole rings is 1. The lowest BCUT2D eigenvalue weighted by molar-refractivity contribution is -0.120. The van der Waals surface area contributed by atoms with Gasteiger partial charge in [0.25, 0.3) is 0 Å². The summed E-state index contributed by atoms with van der Waals surface area (Å²) in [4.78, 5) is 13.2. The van der Waals surface area contributed by atoms with Crippen LogP contribution < -0.4 is 5.32 Å². The quantitative estimate of drug-likeness (QED) is 0.635. The Hall–Kier alpha value is -3.11. The molecule has 0 aliphatic carbocycles. The largest absolute Gasteiger partial charge is 0.325 e. The van der Waals surface area contributed by atoms with E-state index in [-0.39, 0.29) is 17.3 Å². The van der Waals surface area contributed by atoms with Gasteiger partial charge in [0, 0.05) is 18.8 Å². The number of carbonyl (C=O) groups excluding carboxylic acids is 1. The molecule has 1 N–H and O–H groups in total.